The van der Waals surface area contributed by atoms with Gasteiger partial charge in [-0.25, -0.2) is 0 Å². The minimum atomic E-state index is -0.220. The predicted octanol–water partition coefficient (Wildman–Crippen LogP) is 2.35. The van der Waals surface area contributed by atoms with Gasteiger partial charge in [0.25, 0.3) is 0 Å². The summed E-state index contributed by atoms with van der Waals surface area (Å²) in [7, 11) is 0. The third-order valence-electron chi connectivity index (χ3n) is 1.91. The molecule has 0 radical (unpaired) electrons. The standard InChI is InChI=1S/C11H14O2/c1-9(8-13-10(2)12)11-6-4-3-5-7-11/h3-7,9H,8H2,1-2H3. The normalized spacial score (nSPS) is 12.2. The van der Waals surface area contributed by atoms with E-state index in [1.165, 1.54) is 12.5 Å². The molecule has 0 aliphatic heterocycles. The Morgan fingerprint density at radius 1 is 1.38 bits per heavy atom. The zero-order chi connectivity index (χ0) is 9.68. The third-order valence-corrected chi connectivity index (χ3v) is 1.91. The molecule has 0 aromatic heterocycles. The second-order valence-electron chi connectivity index (χ2n) is 3.11. The van der Waals surface area contributed by atoms with Crippen LogP contribution in [0.2, 0.25) is 0 Å². The molecule has 0 spiro atoms. The van der Waals surface area contributed by atoms with Gasteiger partial charge in [-0.2, -0.15) is 0 Å². The van der Waals surface area contributed by atoms with Gasteiger partial charge in [0.15, 0.2) is 0 Å². The van der Waals surface area contributed by atoms with Crippen molar-refractivity contribution < 1.29 is 9.53 Å². The smallest absolute Gasteiger partial charge is 0.302 e. The van der Waals surface area contributed by atoms with Crippen molar-refractivity contribution in [3.63, 3.8) is 0 Å². The van der Waals surface area contributed by atoms with Gasteiger partial charge in [0.1, 0.15) is 0 Å². The first kappa shape index (κ1) is 9.78. The highest BCUT2D eigenvalue weighted by Crippen LogP contribution is 2.14. The highest BCUT2D eigenvalue weighted by molar-refractivity contribution is 5.65. The molecule has 0 amide bonds. The van der Waals surface area contributed by atoms with E-state index in [0.29, 0.717) is 6.61 Å². The Labute approximate surface area is 78.5 Å². The number of ether oxygens (including phenoxy) is 1. The van der Waals surface area contributed by atoms with Crippen molar-refractivity contribution in [1.82, 2.24) is 0 Å². The van der Waals surface area contributed by atoms with Gasteiger partial charge >= 0.3 is 5.97 Å². The zero-order valence-corrected chi connectivity index (χ0v) is 7.99. The molecule has 0 N–H and O–H groups in total. The van der Waals surface area contributed by atoms with Crippen LogP contribution in [0.3, 0.4) is 0 Å². The van der Waals surface area contributed by atoms with E-state index in [9.17, 15) is 4.79 Å². The first-order valence-corrected chi connectivity index (χ1v) is 4.38. The van der Waals surface area contributed by atoms with Crippen LogP contribution < -0.4 is 0 Å². The van der Waals surface area contributed by atoms with E-state index < -0.39 is 0 Å². The highest BCUT2D eigenvalue weighted by Gasteiger charge is 2.05. The Morgan fingerprint density at radius 2 is 2.00 bits per heavy atom. The van der Waals surface area contributed by atoms with Crippen LogP contribution in [0.4, 0.5) is 0 Å². The Hall–Kier alpha value is -1.31. The second kappa shape index (κ2) is 4.65. The molecule has 0 aliphatic carbocycles. The Kier molecular flexibility index (Phi) is 3.50. The lowest BCUT2D eigenvalue weighted by Crippen LogP contribution is -2.07. The molecular weight excluding hydrogens is 164 g/mol. The molecule has 1 aromatic rings. The summed E-state index contributed by atoms with van der Waals surface area (Å²) < 4.78 is 4.92. The average molecular weight is 178 g/mol. The summed E-state index contributed by atoms with van der Waals surface area (Å²) in [4.78, 5) is 10.6. The minimum Gasteiger partial charge on any atom is -0.465 e. The summed E-state index contributed by atoms with van der Waals surface area (Å²) in [5, 5.41) is 0. The molecule has 0 aliphatic rings. The van der Waals surface area contributed by atoms with Gasteiger partial charge in [-0.1, -0.05) is 37.3 Å². The Bertz CT molecular complexity index is 267. The molecule has 70 valence electrons. The first-order chi connectivity index (χ1) is 6.20. The van der Waals surface area contributed by atoms with E-state index in [1.54, 1.807) is 0 Å². The van der Waals surface area contributed by atoms with Crippen LogP contribution in [0.1, 0.15) is 25.3 Å². The molecule has 2 nitrogen and oxygen atoms in total. The molecule has 13 heavy (non-hydrogen) atoms. The summed E-state index contributed by atoms with van der Waals surface area (Å²) in [6.07, 6.45) is 0. The molecule has 1 atom stereocenters. The van der Waals surface area contributed by atoms with Gasteiger partial charge < -0.3 is 4.74 Å². The van der Waals surface area contributed by atoms with Crippen molar-refractivity contribution in [1.29, 1.82) is 0 Å². The first-order valence-electron chi connectivity index (χ1n) is 4.38. The second-order valence-corrected chi connectivity index (χ2v) is 3.11. The van der Waals surface area contributed by atoms with Crippen LogP contribution in [0.15, 0.2) is 30.3 Å². The van der Waals surface area contributed by atoms with Crippen LogP contribution in [0.5, 0.6) is 0 Å². The fourth-order valence-corrected chi connectivity index (χ4v) is 1.12. The molecule has 0 fully saturated rings. The molecule has 1 unspecified atom stereocenters. The zero-order valence-electron chi connectivity index (χ0n) is 7.99. The number of esters is 1. The van der Waals surface area contributed by atoms with Gasteiger partial charge in [0, 0.05) is 12.8 Å². The molecule has 0 heterocycles. The van der Waals surface area contributed by atoms with Crippen molar-refractivity contribution >= 4 is 5.97 Å². The van der Waals surface area contributed by atoms with Gasteiger partial charge in [-0.3, -0.25) is 4.79 Å². The SMILES string of the molecule is CC(=O)OCC(C)c1ccccc1. The maximum absolute atomic E-state index is 10.6. The fourth-order valence-electron chi connectivity index (χ4n) is 1.12. The van der Waals surface area contributed by atoms with Crippen molar-refractivity contribution in [2.24, 2.45) is 0 Å². The minimum absolute atomic E-state index is 0.220. The molecule has 0 saturated heterocycles. The number of carbonyl (C=O) groups excluding carboxylic acids is 1. The van der Waals surface area contributed by atoms with Crippen molar-refractivity contribution in [2.75, 3.05) is 6.61 Å². The summed E-state index contributed by atoms with van der Waals surface area (Å²) in [6, 6.07) is 10.0. The van der Waals surface area contributed by atoms with Gasteiger partial charge in [-0.15, -0.1) is 0 Å². The molecule has 1 rings (SSSR count). The monoisotopic (exact) mass is 178 g/mol. The topological polar surface area (TPSA) is 26.3 Å². The van der Waals surface area contributed by atoms with E-state index in [-0.39, 0.29) is 11.9 Å². The summed E-state index contributed by atoms with van der Waals surface area (Å²) >= 11 is 0. The van der Waals surface area contributed by atoms with Crippen LogP contribution in [0, 0.1) is 0 Å². The van der Waals surface area contributed by atoms with Crippen LogP contribution in [-0.2, 0) is 9.53 Å². The van der Waals surface area contributed by atoms with E-state index in [2.05, 4.69) is 0 Å². The average Bonchev–Trinajstić information content (AvgIpc) is 2.15. The molecule has 2 heteroatoms. The van der Waals surface area contributed by atoms with Crippen LogP contribution in [0.25, 0.3) is 0 Å². The van der Waals surface area contributed by atoms with E-state index in [1.807, 2.05) is 37.3 Å². The van der Waals surface area contributed by atoms with Crippen molar-refractivity contribution in [2.45, 2.75) is 19.8 Å². The number of hydrogen-bond acceptors (Lipinski definition) is 2. The van der Waals surface area contributed by atoms with Crippen molar-refractivity contribution in [3.8, 4) is 0 Å². The lowest BCUT2D eigenvalue weighted by Gasteiger charge is -2.10. The molecule has 0 saturated carbocycles. The summed E-state index contributed by atoms with van der Waals surface area (Å²) in [5.41, 5.74) is 1.20. The van der Waals surface area contributed by atoms with E-state index >= 15 is 0 Å². The van der Waals surface area contributed by atoms with E-state index in [0.717, 1.165) is 0 Å². The lowest BCUT2D eigenvalue weighted by molar-refractivity contribution is -0.141. The Morgan fingerprint density at radius 3 is 2.54 bits per heavy atom. The molecular formula is C11H14O2. The van der Waals surface area contributed by atoms with Gasteiger partial charge in [0.2, 0.25) is 0 Å². The largest absolute Gasteiger partial charge is 0.465 e. The number of carbonyl (C=O) groups is 1. The predicted molar refractivity (Wildman–Crippen MR) is 51.5 cm³/mol. The lowest BCUT2D eigenvalue weighted by atomic mass is 10.0. The summed E-state index contributed by atoms with van der Waals surface area (Å²) in [6.45, 7) is 3.93. The van der Waals surface area contributed by atoms with Crippen LogP contribution >= 0.6 is 0 Å². The Balaban J connectivity index is 2.49. The van der Waals surface area contributed by atoms with Crippen LogP contribution in [-0.4, -0.2) is 12.6 Å². The number of hydrogen-bond donors (Lipinski definition) is 0. The maximum atomic E-state index is 10.6. The number of benzene rings is 1. The summed E-state index contributed by atoms with van der Waals surface area (Å²) in [5.74, 6) is 0.0490. The van der Waals surface area contributed by atoms with Gasteiger partial charge in [0.05, 0.1) is 6.61 Å². The molecule has 0 bridgehead atoms. The fraction of sp³-hybridized carbons (Fsp3) is 0.364. The third kappa shape index (κ3) is 3.28. The van der Waals surface area contributed by atoms with Gasteiger partial charge in [-0.05, 0) is 5.56 Å². The number of rotatable bonds is 3. The van der Waals surface area contributed by atoms with E-state index in [4.69, 9.17) is 4.74 Å². The maximum Gasteiger partial charge on any atom is 0.302 e. The quantitative estimate of drug-likeness (QED) is 0.664. The van der Waals surface area contributed by atoms with Crippen molar-refractivity contribution in [3.05, 3.63) is 35.9 Å². The highest BCUT2D eigenvalue weighted by atomic mass is 16.5. The molecule has 1 aromatic carbocycles.